The Morgan fingerprint density at radius 3 is 2.75 bits per heavy atom. The second-order valence-corrected chi connectivity index (χ2v) is 2.43. The zero-order valence-corrected chi connectivity index (χ0v) is 7.51. The minimum atomic E-state index is -0.360. The third-order valence-corrected chi connectivity index (χ3v) is 1.38. The third-order valence-electron chi connectivity index (χ3n) is 1.38. The van der Waals surface area contributed by atoms with Crippen LogP contribution in [-0.2, 0) is 4.74 Å². The summed E-state index contributed by atoms with van der Waals surface area (Å²) in [6.07, 6.45) is 2.26. The maximum absolute atomic E-state index is 10.7. The summed E-state index contributed by atoms with van der Waals surface area (Å²) < 4.78 is 4.65. The van der Waals surface area contributed by atoms with Crippen LogP contribution in [0.25, 0.3) is 0 Å². The Hall–Kier alpha value is -0.770. The SMILES string of the molecule is CCOC(=O)NCCCCCO. The van der Waals surface area contributed by atoms with Gasteiger partial charge < -0.3 is 15.2 Å². The molecule has 2 N–H and O–H groups in total. The first kappa shape index (κ1) is 11.2. The molecule has 4 nitrogen and oxygen atoms in total. The number of carbonyl (C=O) groups excluding carboxylic acids is 1. The summed E-state index contributed by atoms with van der Waals surface area (Å²) in [7, 11) is 0. The number of nitrogens with one attached hydrogen (secondary N) is 1. The molecule has 0 saturated carbocycles. The first-order chi connectivity index (χ1) is 5.81. The molecule has 0 aromatic rings. The number of alkyl carbamates (subject to hydrolysis) is 1. The van der Waals surface area contributed by atoms with E-state index in [2.05, 4.69) is 10.1 Å². The molecule has 0 aliphatic rings. The highest BCUT2D eigenvalue weighted by atomic mass is 16.5. The molecule has 0 aliphatic carbocycles. The molecular formula is C8H17NO3. The van der Waals surface area contributed by atoms with Gasteiger partial charge in [0.15, 0.2) is 0 Å². The second-order valence-electron chi connectivity index (χ2n) is 2.43. The van der Waals surface area contributed by atoms with Crippen molar-refractivity contribution in [2.24, 2.45) is 0 Å². The Labute approximate surface area is 72.9 Å². The summed E-state index contributed by atoms with van der Waals surface area (Å²) in [6, 6.07) is 0. The molecule has 1 amide bonds. The average molecular weight is 175 g/mol. The maximum atomic E-state index is 10.7. The largest absolute Gasteiger partial charge is 0.450 e. The summed E-state index contributed by atoms with van der Waals surface area (Å²) in [5, 5.41) is 11.0. The Balaban J connectivity index is 3.03. The van der Waals surface area contributed by atoms with Gasteiger partial charge in [-0.1, -0.05) is 0 Å². The van der Waals surface area contributed by atoms with Gasteiger partial charge in [-0.05, 0) is 26.2 Å². The third kappa shape index (κ3) is 7.34. The molecular weight excluding hydrogens is 158 g/mol. The lowest BCUT2D eigenvalue weighted by Crippen LogP contribution is -2.25. The molecule has 0 rings (SSSR count). The molecule has 4 heteroatoms. The van der Waals surface area contributed by atoms with Gasteiger partial charge >= 0.3 is 6.09 Å². The van der Waals surface area contributed by atoms with Crippen LogP contribution in [0, 0.1) is 0 Å². The van der Waals surface area contributed by atoms with Crippen molar-refractivity contribution in [3.8, 4) is 0 Å². The summed E-state index contributed by atoms with van der Waals surface area (Å²) in [5.41, 5.74) is 0. The second kappa shape index (κ2) is 8.33. The van der Waals surface area contributed by atoms with Crippen molar-refractivity contribution < 1.29 is 14.6 Å². The molecule has 0 fully saturated rings. The molecule has 0 spiro atoms. The first-order valence-electron chi connectivity index (χ1n) is 4.32. The fourth-order valence-electron chi connectivity index (χ4n) is 0.786. The number of hydrogen-bond acceptors (Lipinski definition) is 3. The quantitative estimate of drug-likeness (QED) is 0.589. The van der Waals surface area contributed by atoms with Gasteiger partial charge in [0.05, 0.1) is 6.61 Å². The van der Waals surface area contributed by atoms with Crippen molar-refractivity contribution in [3.63, 3.8) is 0 Å². The van der Waals surface area contributed by atoms with E-state index in [9.17, 15) is 4.79 Å². The molecule has 0 aliphatic heterocycles. The van der Waals surface area contributed by atoms with Gasteiger partial charge in [-0.25, -0.2) is 4.79 Å². The van der Waals surface area contributed by atoms with E-state index in [1.54, 1.807) is 6.92 Å². The van der Waals surface area contributed by atoms with Crippen LogP contribution in [0.2, 0.25) is 0 Å². The lowest BCUT2D eigenvalue weighted by molar-refractivity contribution is 0.152. The zero-order valence-electron chi connectivity index (χ0n) is 7.51. The molecule has 0 aromatic heterocycles. The topological polar surface area (TPSA) is 58.6 Å². The Morgan fingerprint density at radius 1 is 1.42 bits per heavy atom. The van der Waals surface area contributed by atoms with Crippen LogP contribution in [0.4, 0.5) is 4.79 Å². The highest BCUT2D eigenvalue weighted by Crippen LogP contribution is 1.91. The zero-order chi connectivity index (χ0) is 9.23. The van der Waals surface area contributed by atoms with E-state index in [1.165, 1.54) is 0 Å². The number of ether oxygens (including phenoxy) is 1. The first-order valence-corrected chi connectivity index (χ1v) is 4.32. The van der Waals surface area contributed by atoms with E-state index < -0.39 is 0 Å². The van der Waals surface area contributed by atoms with Crippen LogP contribution < -0.4 is 5.32 Å². The van der Waals surface area contributed by atoms with Crippen LogP contribution in [0.5, 0.6) is 0 Å². The number of rotatable bonds is 6. The number of hydrogen-bond donors (Lipinski definition) is 2. The van der Waals surface area contributed by atoms with E-state index in [0.717, 1.165) is 19.3 Å². The molecule has 0 atom stereocenters. The van der Waals surface area contributed by atoms with Crippen LogP contribution in [0.1, 0.15) is 26.2 Å². The smallest absolute Gasteiger partial charge is 0.407 e. The molecule has 12 heavy (non-hydrogen) atoms. The van der Waals surface area contributed by atoms with Gasteiger partial charge in [0, 0.05) is 13.2 Å². The Kier molecular flexibility index (Phi) is 7.79. The summed E-state index contributed by atoms with van der Waals surface area (Å²) in [6.45, 7) is 3.02. The van der Waals surface area contributed by atoms with Crippen molar-refractivity contribution in [2.75, 3.05) is 19.8 Å². The minimum absolute atomic E-state index is 0.222. The van der Waals surface area contributed by atoms with Gasteiger partial charge in [0.25, 0.3) is 0 Å². The van der Waals surface area contributed by atoms with E-state index in [1.807, 2.05) is 0 Å². The molecule has 0 radical (unpaired) electrons. The van der Waals surface area contributed by atoms with Gasteiger partial charge in [-0.2, -0.15) is 0 Å². The average Bonchev–Trinajstić information content (AvgIpc) is 2.05. The van der Waals surface area contributed by atoms with Gasteiger partial charge in [0.1, 0.15) is 0 Å². The predicted octanol–water partition coefficient (Wildman–Crippen LogP) is 0.895. The summed E-state index contributed by atoms with van der Waals surface area (Å²) in [5.74, 6) is 0. The van der Waals surface area contributed by atoms with Gasteiger partial charge in [0.2, 0.25) is 0 Å². The van der Waals surface area contributed by atoms with Crippen LogP contribution in [0.15, 0.2) is 0 Å². The van der Waals surface area contributed by atoms with Crippen LogP contribution >= 0.6 is 0 Å². The van der Waals surface area contributed by atoms with Crippen molar-refractivity contribution in [1.29, 1.82) is 0 Å². The van der Waals surface area contributed by atoms with Gasteiger partial charge in [-0.3, -0.25) is 0 Å². The standard InChI is InChI=1S/C8H17NO3/c1-2-12-8(11)9-6-4-3-5-7-10/h10H,2-7H2,1H3,(H,9,11). The molecule has 0 saturated heterocycles. The summed E-state index contributed by atoms with van der Waals surface area (Å²) in [4.78, 5) is 10.7. The van der Waals surface area contributed by atoms with E-state index in [4.69, 9.17) is 5.11 Å². The monoisotopic (exact) mass is 175 g/mol. The number of carbonyl (C=O) groups is 1. The van der Waals surface area contributed by atoms with Crippen molar-refractivity contribution in [1.82, 2.24) is 5.32 Å². The van der Waals surface area contributed by atoms with E-state index in [0.29, 0.717) is 13.2 Å². The number of amides is 1. The lowest BCUT2D eigenvalue weighted by Gasteiger charge is -2.03. The fraction of sp³-hybridized carbons (Fsp3) is 0.875. The fourth-order valence-corrected chi connectivity index (χ4v) is 0.786. The number of unbranched alkanes of at least 4 members (excludes halogenated alkanes) is 2. The van der Waals surface area contributed by atoms with E-state index in [-0.39, 0.29) is 12.7 Å². The molecule has 0 bridgehead atoms. The Bertz CT molecular complexity index is 117. The van der Waals surface area contributed by atoms with E-state index >= 15 is 0 Å². The molecule has 0 unspecified atom stereocenters. The van der Waals surface area contributed by atoms with Crippen LogP contribution in [0.3, 0.4) is 0 Å². The Morgan fingerprint density at radius 2 is 2.17 bits per heavy atom. The normalized spacial score (nSPS) is 9.50. The molecule has 0 aromatic carbocycles. The highest BCUT2D eigenvalue weighted by Gasteiger charge is 1.97. The van der Waals surface area contributed by atoms with Crippen LogP contribution in [-0.4, -0.2) is 31.0 Å². The van der Waals surface area contributed by atoms with Gasteiger partial charge in [-0.15, -0.1) is 0 Å². The minimum Gasteiger partial charge on any atom is -0.450 e. The number of aliphatic hydroxyl groups excluding tert-OH is 1. The number of aliphatic hydroxyl groups is 1. The molecule has 0 heterocycles. The van der Waals surface area contributed by atoms with Crippen molar-refractivity contribution in [2.45, 2.75) is 26.2 Å². The summed E-state index contributed by atoms with van der Waals surface area (Å²) >= 11 is 0. The lowest BCUT2D eigenvalue weighted by atomic mass is 10.2. The van der Waals surface area contributed by atoms with Crippen molar-refractivity contribution >= 4 is 6.09 Å². The maximum Gasteiger partial charge on any atom is 0.407 e. The highest BCUT2D eigenvalue weighted by molar-refractivity contribution is 5.66. The van der Waals surface area contributed by atoms with Crippen molar-refractivity contribution in [3.05, 3.63) is 0 Å². The predicted molar refractivity (Wildman–Crippen MR) is 46.0 cm³/mol. The molecule has 72 valence electrons.